The van der Waals surface area contributed by atoms with Crippen molar-refractivity contribution in [2.75, 3.05) is 13.7 Å². The number of methoxy groups -OCH3 is 1. The molecule has 0 radical (unpaired) electrons. The third-order valence-electron chi connectivity index (χ3n) is 2.80. The van der Waals surface area contributed by atoms with Crippen LogP contribution in [-0.4, -0.2) is 13.7 Å². The number of hydrogen-bond acceptors (Lipinski definition) is 2. The number of nitrogens with one attached hydrogen (secondary N) is 1. The van der Waals surface area contributed by atoms with Crippen molar-refractivity contribution in [2.45, 2.75) is 32.2 Å². The van der Waals surface area contributed by atoms with Crippen molar-refractivity contribution in [3.63, 3.8) is 0 Å². The molecule has 1 aromatic carbocycles. The highest BCUT2D eigenvalue weighted by atomic mass is 19.1. The summed E-state index contributed by atoms with van der Waals surface area (Å²) < 4.78 is 18.4. The molecule has 0 aliphatic rings. The van der Waals surface area contributed by atoms with Gasteiger partial charge < -0.3 is 10.1 Å². The first-order valence-corrected chi connectivity index (χ1v) is 6.23. The van der Waals surface area contributed by atoms with Gasteiger partial charge in [0.2, 0.25) is 0 Å². The number of terminal acetylenes is 1. The van der Waals surface area contributed by atoms with Crippen molar-refractivity contribution in [3.8, 4) is 18.1 Å². The van der Waals surface area contributed by atoms with Gasteiger partial charge in [-0.05, 0) is 37.1 Å². The fraction of sp³-hybridized carbons (Fsp3) is 0.467. The fourth-order valence-electron chi connectivity index (χ4n) is 1.83. The predicted molar refractivity (Wildman–Crippen MR) is 72.1 cm³/mol. The summed E-state index contributed by atoms with van der Waals surface area (Å²) >= 11 is 0. The van der Waals surface area contributed by atoms with Gasteiger partial charge in [0.1, 0.15) is 0 Å². The van der Waals surface area contributed by atoms with Crippen molar-refractivity contribution in [1.29, 1.82) is 0 Å². The molecule has 0 spiro atoms. The predicted octanol–water partition coefficient (Wildman–Crippen LogP) is 3.29. The van der Waals surface area contributed by atoms with Crippen LogP contribution < -0.4 is 10.1 Å². The Morgan fingerprint density at radius 2 is 2.28 bits per heavy atom. The Bertz CT molecular complexity index is 411. The molecule has 0 saturated carbocycles. The molecule has 0 fully saturated rings. The zero-order chi connectivity index (χ0) is 13.4. The lowest BCUT2D eigenvalue weighted by Crippen LogP contribution is -2.22. The maximum atomic E-state index is 13.4. The minimum Gasteiger partial charge on any atom is -0.494 e. The van der Waals surface area contributed by atoms with Gasteiger partial charge >= 0.3 is 0 Å². The van der Waals surface area contributed by atoms with E-state index in [-0.39, 0.29) is 17.6 Å². The zero-order valence-corrected chi connectivity index (χ0v) is 11.0. The van der Waals surface area contributed by atoms with Crippen LogP contribution in [0.25, 0.3) is 0 Å². The summed E-state index contributed by atoms with van der Waals surface area (Å²) in [4.78, 5) is 0. The molecular formula is C15H20FNO. The van der Waals surface area contributed by atoms with Gasteiger partial charge in [0.15, 0.2) is 11.6 Å². The highest BCUT2D eigenvalue weighted by Crippen LogP contribution is 2.25. The molecule has 98 valence electrons. The first-order valence-electron chi connectivity index (χ1n) is 6.23. The van der Waals surface area contributed by atoms with Crippen LogP contribution in [0.2, 0.25) is 0 Å². The lowest BCUT2D eigenvalue weighted by Gasteiger charge is -2.18. The Hall–Kier alpha value is -1.53. The highest BCUT2D eigenvalue weighted by molar-refractivity contribution is 5.32. The number of halogens is 1. The molecule has 1 unspecified atom stereocenters. The van der Waals surface area contributed by atoms with Crippen LogP contribution in [0.3, 0.4) is 0 Å². The third kappa shape index (κ3) is 4.05. The molecule has 0 bridgehead atoms. The van der Waals surface area contributed by atoms with Gasteiger partial charge in [-0.1, -0.05) is 13.0 Å². The SMILES string of the molecule is C#CCCC(NCCC)c1ccc(F)c(OC)c1. The molecule has 0 saturated heterocycles. The van der Waals surface area contributed by atoms with Crippen LogP contribution in [0, 0.1) is 18.2 Å². The molecule has 1 atom stereocenters. The van der Waals surface area contributed by atoms with E-state index in [2.05, 4.69) is 18.2 Å². The van der Waals surface area contributed by atoms with Crippen LogP contribution in [-0.2, 0) is 0 Å². The molecule has 1 aromatic rings. The van der Waals surface area contributed by atoms with E-state index in [1.54, 1.807) is 12.1 Å². The van der Waals surface area contributed by atoms with Crippen LogP contribution >= 0.6 is 0 Å². The molecule has 0 aromatic heterocycles. The molecule has 18 heavy (non-hydrogen) atoms. The standard InChI is InChI=1S/C15H20FNO/c1-4-6-7-14(17-10-5-2)12-8-9-13(16)15(11-12)18-3/h1,8-9,11,14,17H,5-7,10H2,2-3H3. The zero-order valence-electron chi connectivity index (χ0n) is 11.0. The molecule has 0 aliphatic carbocycles. The minimum atomic E-state index is -0.340. The number of benzene rings is 1. The molecular weight excluding hydrogens is 229 g/mol. The van der Waals surface area contributed by atoms with Crippen molar-refractivity contribution in [3.05, 3.63) is 29.6 Å². The average molecular weight is 249 g/mol. The molecule has 0 aliphatic heterocycles. The molecule has 1 rings (SSSR count). The van der Waals surface area contributed by atoms with Crippen molar-refractivity contribution >= 4 is 0 Å². The monoisotopic (exact) mass is 249 g/mol. The molecule has 0 amide bonds. The summed E-state index contributed by atoms with van der Waals surface area (Å²) in [7, 11) is 1.47. The van der Waals surface area contributed by atoms with Crippen LogP contribution in [0.5, 0.6) is 5.75 Å². The first kappa shape index (κ1) is 14.5. The van der Waals surface area contributed by atoms with Crippen LogP contribution in [0.1, 0.15) is 37.8 Å². The largest absolute Gasteiger partial charge is 0.494 e. The summed E-state index contributed by atoms with van der Waals surface area (Å²) in [6.45, 7) is 3.02. The van der Waals surface area contributed by atoms with Gasteiger partial charge in [-0.25, -0.2) is 4.39 Å². The highest BCUT2D eigenvalue weighted by Gasteiger charge is 2.12. The second-order valence-electron chi connectivity index (χ2n) is 4.14. The number of hydrogen-bond donors (Lipinski definition) is 1. The van der Waals surface area contributed by atoms with E-state index in [0.717, 1.165) is 24.9 Å². The van der Waals surface area contributed by atoms with Gasteiger partial charge in [0.25, 0.3) is 0 Å². The quantitative estimate of drug-likeness (QED) is 0.749. The minimum absolute atomic E-state index is 0.149. The van der Waals surface area contributed by atoms with Gasteiger partial charge in [-0.15, -0.1) is 12.3 Å². The smallest absolute Gasteiger partial charge is 0.165 e. The van der Waals surface area contributed by atoms with Gasteiger partial charge in [0, 0.05) is 12.5 Å². The summed E-state index contributed by atoms with van der Waals surface area (Å²) in [5.41, 5.74) is 1.01. The van der Waals surface area contributed by atoms with Gasteiger partial charge in [-0.3, -0.25) is 0 Å². The Morgan fingerprint density at radius 1 is 1.50 bits per heavy atom. The Morgan fingerprint density at radius 3 is 2.89 bits per heavy atom. The topological polar surface area (TPSA) is 21.3 Å². The Labute approximate surface area is 109 Å². The lowest BCUT2D eigenvalue weighted by molar-refractivity contribution is 0.384. The molecule has 1 N–H and O–H groups in total. The first-order chi connectivity index (χ1) is 8.72. The number of ether oxygens (including phenoxy) is 1. The van der Waals surface area contributed by atoms with Crippen molar-refractivity contribution < 1.29 is 9.13 Å². The van der Waals surface area contributed by atoms with Crippen molar-refractivity contribution in [1.82, 2.24) is 5.32 Å². The van der Waals surface area contributed by atoms with Crippen LogP contribution in [0.15, 0.2) is 18.2 Å². The summed E-state index contributed by atoms with van der Waals surface area (Å²) in [5.74, 6) is 2.57. The Kier molecular flexibility index (Phi) is 6.24. The van der Waals surface area contributed by atoms with Gasteiger partial charge in [0.05, 0.1) is 7.11 Å². The normalized spacial score (nSPS) is 11.9. The average Bonchev–Trinajstić information content (AvgIpc) is 2.40. The maximum Gasteiger partial charge on any atom is 0.165 e. The third-order valence-corrected chi connectivity index (χ3v) is 2.80. The summed E-state index contributed by atoms with van der Waals surface area (Å²) in [6, 6.07) is 5.10. The summed E-state index contributed by atoms with van der Waals surface area (Å²) in [6.07, 6.45) is 7.88. The van der Waals surface area contributed by atoms with Gasteiger partial charge in [-0.2, -0.15) is 0 Å². The lowest BCUT2D eigenvalue weighted by atomic mass is 10.0. The second kappa shape index (κ2) is 7.73. The van der Waals surface area contributed by atoms with E-state index < -0.39 is 0 Å². The van der Waals surface area contributed by atoms with Crippen LogP contribution in [0.4, 0.5) is 4.39 Å². The van der Waals surface area contributed by atoms with E-state index in [1.165, 1.54) is 13.2 Å². The Balaban J connectivity index is 2.86. The van der Waals surface area contributed by atoms with E-state index in [9.17, 15) is 4.39 Å². The van der Waals surface area contributed by atoms with Crippen molar-refractivity contribution in [2.24, 2.45) is 0 Å². The molecule has 0 heterocycles. The molecule has 3 heteroatoms. The molecule has 2 nitrogen and oxygen atoms in total. The van der Waals surface area contributed by atoms with E-state index in [4.69, 9.17) is 11.2 Å². The van der Waals surface area contributed by atoms with E-state index >= 15 is 0 Å². The number of rotatable bonds is 7. The second-order valence-corrected chi connectivity index (χ2v) is 4.14. The fourth-order valence-corrected chi connectivity index (χ4v) is 1.83. The van der Waals surface area contributed by atoms with E-state index in [1.807, 2.05) is 0 Å². The van der Waals surface area contributed by atoms with E-state index in [0.29, 0.717) is 6.42 Å². The maximum absolute atomic E-state index is 13.4. The summed E-state index contributed by atoms with van der Waals surface area (Å²) in [5, 5.41) is 3.42.